The van der Waals surface area contributed by atoms with Gasteiger partial charge in [-0.15, -0.1) is 0 Å². The zero-order chi connectivity index (χ0) is 41.9. The lowest BCUT2D eigenvalue weighted by molar-refractivity contribution is -0.138. The normalized spacial score (nSPS) is 23.0. The van der Waals surface area contributed by atoms with Crippen LogP contribution in [-0.4, -0.2) is 103 Å². The lowest BCUT2D eigenvalue weighted by Gasteiger charge is -2.41. The minimum Gasteiger partial charge on any atom is -0.508 e. The van der Waals surface area contributed by atoms with Crippen LogP contribution in [0.15, 0.2) is 97.1 Å². The Morgan fingerprint density at radius 1 is 0.672 bits per heavy atom. The van der Waals surface area contributed by atoms with Crippen LogP contribution in [0.3, 0.4) is 0 Å². The molecule has 318 valence electrons. The molecule has 1 aliphatic carbocycles. The monoisotopic (exact) mass is 822 g/mol. The van der Waals surface area contributed by atoms with Gasteiger partial charge in [0.1, 0.15) is 11.8 Å². The van der Waals surface area contributed by atoms with Crippen molar-refractivity contribution in [3.05, 3.63) is 125 Å². The number of fused-ring (bicyclic) bond motifs is 1. The van der Waals surface area contributed by atoms with Crippen molar-refractivity contribution in [1.82, 2.24) is 20.4 Å². The number of anilines is 2. The van der Waals surface area contributed by atoms with Crippen LogP contribution in [0.2, 0.25) is 0 Å². The molecule has 4 saturated heterocycles. The van der Waals surface area contributed by atoms with E-state index in [9.17, 15) is 24.3 Å². The molecule has 4 amide bonds. The summed E-state index contributed by atoms with van der Waals surface area (Å²) in [5.41, 5.74) is 8.02. The number of piperidine rings is 3. The van der Waals surface area contributed by atoms with E-state index in [0.29, 0.717) is 35.5 Å². The molecule has 0 aromatic heterocycles. The van der Waals surface area contributed by atoms with Crippen LogP contribution in [0.25, 0.3) is 0 Å². The summed E-state index contributed by atoms with van der Waals surface area (Å²) in [6.07, 6.45) is 6.43. The number of aryl methyl sites for hydroxylation is 1. The van der Waals surface area contributed by atoms with Gasteiger partial charge in [-0.3, -0.25) is 29.4 Å². The fourth-order valence-electron chi connectivity index (χ4n) is 10.6. The van der Waals surface area contributed by atoms with E-state index in [1.54, 1.807) is 12.1 Å². The highest BCUT2D eigenvalue weighted by Gasteiger charge is 2.35. The number of carbonyl (C=O) groups excluding carboxylic acids is 4. The first-order chi connectivity index (χ1) is 29.8. The van der Waals surface area contributed by atoms with Crippen molar-refractivity contribution in [2.75, 3.05) is 68.7 Å². The van der Waals surface area contributed by atoms with E-state index < -0.39 is 11.9 Å². The van der Waals surface area contributed by atoms with Crippen LogP contribution in [0.5, 0.6) is 5.75 Å². The molecular weight excluding hydrogens is 765 g/mol. The molecule has 4 aliphatic heterocycles. The van der Waals surface area contributed by atoms with Gasteiger partial charge in [0.25, 0.3) is 5.91 Å². The summed E-state index contributed by atoms with van der Waals surface area (Å²) in [4.78, 5) is 59.5. The Balaban J connectivity index is 0.711. The molecular formula is C50H58N6O5. The van der Waals surface area contributed by atoms with Gasteiger partial charge in [-0.25, -0.2) is 0 Å². The van der Waals surface area contributed by atoms with E-state index >= 15 is 0 Å². The van der Waals surface area contributed by atoms with Gasteiger partial charge in [-0.1, -0.05) is 48.5 Å². The Morgan fingerprint density at radius 3 is 2.03 bits per heavy atom. The second-order valence-electron chi connectivity index (χ2n) is 17.8. The quantitative estimate of drug-likeness (QED) is 0.174. The first kappa shape index (κ1) is 40.7. The summed E-state index contributed by atoms with van der Waals surface area (Å²) in [6.45, 7) is 8.33. The standard InChI is InChI=1S/C50H58N6O5/c57-42-15-17-44-39(32-42)10-16-43(35-4-2-1-3-5-35)47(44)36-6-11-40(12-7-36)54-26-22-38(23-27-54)50(61)56-24-20-34(21-25-56)33-53-28-30-55(31-29-53)41-13-8-37(9-14-41)48(59)51-45-18-19-46(58)52-49(45)60/h1-9,11-15,17,32,34,38,43,45,47,57H,10,16,18-31,33H2,(H,51,59)(H,52,58,60)/t43-,45?,47+/m1/s1. The third-order valence-electron chi connectivity index (χ3n) is 14.1. The molecule has 3 N–H and O–H groups in total. The number of nitrogens with one attached hydrogen (secondary N) is 2. The second kappa shape index (κ2) is 18.1. The number of hydrogen-bond acceptors (Lipinski definition) is 8. The Labute approximate surface area is 359 Å². The summed E-state index contributed by atoms with van der Waals surface area (Å²) < 4.78 is 0. The maximum atomic E-state index is 13.8. The van der Waals surface area contributed by atoms with Crippen LogP contribution >= 0.6 is 0 Å². The molecule has 9 rings (SSSR count). The van der Waals surface area contributed by atoms with Gasteiger partial charge in [0, 0.05) is 94.1 Å². The highest BCUT2D eigenvalue weighted by molar-refractivity contribution is 6.03. The number of amides is 4. The van der Waals surface area contributed by atoms with Gasteiger partial charge in [0.05, 0.1) is 0 Å². The molecule has 4 heterocycles. The molecule has 0 bridgehead atoms. The van der Waals surface area contributed by atoms with Crippen LogP contribution in [0, 0.1) is 11.8 Å². The van der Waals surface area contributed by atoms with Crippen LogP contribution in [-0.2, 0) is 20.8 Å². The number of likely N-dealkylation sites (tertiary alicyclic amines) is 1. The molecule has 0 saturated carbocycles. The fraction of sp³-hybridized carbons (Fsp3) is 0.440. The smallest absolute Gasteiger partial charge is 0.251 e. The predicted molar refractivity (Wildman–Crippen MR) is 237 cm³/mol. The van der Waals surface area contributed by atoms with Crippen molar-refractivity contribution in [3.8, 4) is 5.75 Å². The molecule has 4 aromatic carbocycles. The van der Waals surface area contributed by atoms with Crippen molar-refractivity contribution in [3.63, 3.8) is 0 Å². The highest BCUT2D eigenvalue weighted by Crippen LogP contribution is 2.47. The molecule has 5 aliphatic rings. The van der Waals surface area contributed by atoms with Crippen LogP contribution in [0.1, 0.15) is 89.4 Å². The zero-order valence-electron chi connectivity index (χ0n) is 35.0. The van der Waals surface area contributed by atoms with Gasteiger partial charge >= 0.3 is 0 Å². The number of hydrogen-bond donors (Lipinski definition) is 3. The van der Waals surface area contributed by atoms with E-state index in [2.05, 4.69) is 90.9 Å². The minimum absolute atomic E-state index is 0.0933. The van der Waals surface area contributed by atoms with Crippen LogP contribution in [0.4, 0.5) is 11.4 Å². The average Bonchev–Trinajstić information content (AvgIpc) is 3.30. The number of piperazine rings is 1. The van der Waals surface area contributed by atoms with Gasteiger partial charge in [-0.05, 0) is 128 Å². The summed E-state index contributed by atoms with van der Waals surface area (Å²) >= 11 is 0. The average molecular weight is 823 g/mol. The number of aromatic hydroxyl groups is 1. The molecule has 1 unspecified atom stereocenters. The third-order valence-corrected chi connectivity index (χ3v) is 14.1. The Hall–Kier alpha value is -5.68. The topological polar surface area (TPSA) is 126 Å². The molecule has 4 aromatic rings. The van der Waals surface area contributed by atoms with Crippen molar-refractivity contribution in [2.45, 2.75) is 69.2 Å². The van der Waals surface area contributed by atoms with Crippen molar-refractivity contribution in [1.29, 1.82) is 0 Å². The van der Waals surface area contributed by atoms with E-state index in [4.69, 9.17) is 0 Å². The number of carbonyl (C=O) groups is 4. The lowest BCUT2D eigenvalue weighted by Crippen LogP contribution is -2.52. The molecule has 4 fully saturated rings. The summed E-state index contributed by atoms with van der Waals surface area (Å²) in [5, 5.41) is 15.3. The molecule has 11 heteroatoms. The molecule has 61 heavy (non-hydrogen) atoms. The SMILES string of the molecule is O=C1CCC(NC(=O)c2ccc(N3CCN(CC4CCN(C(=O)C5CCN(c6ccc([C@@H]7c8ccc(O)cc8CC[C@@H]7c7ccccc7)cc6)CC5)CC4)CC3)cc2)C(=O)N1. The first-order valence-electron chi connectivity index (χ1n) is 22.5. The first-order valence-corrected chi connectivity index (χ1v) is 22.5. The Morgan fingerprint density at radius 2 is 1.34 bits per heavy atom. The summed E-state index contributed by atoms with van der Waals surface area (Å²) in [7, 11) is 0. The maximum Gasteiger partial charge on any atom is 0.251 e. The molecule has 0 radical (unpaired) electrons. The van der Waals surface area contributed by atoms with E-state index in [1.165, 1.54) is 27.9 Å². The maximum absolute atomic E-state index is 13.8. The molecule has 0 spiro atoms. The van der Waals surface area contributed by atoms with Crippen molar-refractivity contribution < 1.29 is 24.3 Å². The van der Waals surface area contributed by atoms with Crippen LogP contribution < -0.4 is 20.4 Å². The van der Waals surface area contributed by atoms with Gasteiger partial charge in [-0.2, -0.15) is 0 Å². The Bertz CT molecular complexity index is 2190. The predicted octanol–water partition coefficient (Wildman–Crippen LogP) is 6.07. The number of phenolic OH excluding ortho intramolecular Hbond substituents is 1. The lowest BCUT2D eigenvalue weighted by atomic mass is 9.69. The number of imide groups is 1. The van der Waals surface area contributed by atoms with Gasteiger partial charge in [0.2, 0.25) is 17.7 Å². The largest absolute Gasteiger partial charge is 0.508 e. The van der Waals surface area contributed by atoms with Gasteiger partial charge < -0.3 is 25.1 Å². The Kier molecular flexibility index (Phi) is 12.1. The molecule has 11 nitrogen and oxygen atoms in total. The summed E-state index contributed by atoms with van der Waals surface area (Å²) in [6, 6.07) is 32.7. The number of rotatable bonds is 9. The third kappa shape index (κ3) is 9.17. The molecule has 3 atom stereocenters. The number of nitrogens with zero attached hydrogens (tertiary/aromatic N) is 4. The van der Waals surface area contributed by atoms with Gasteiger partial charge in [0.15, 0.2) is 0 Å². The minimum atomic E-state index is -0.689. The fourth-order valence-corrected chi connectivity index (χ4v) is 10.6. The van der Waals surface area contributed by atoms with Crippen molar-refractivity contribution in [2.24, 2.45) is 11.8 Å². The highest BCUT2D eigenvalue weighted by atomic mass is 16.3. The van der Waals surface area contributed by atoms with Crippen molar-refractivity contribution >= 4 is 35.0 Å². The van der Waals surface area contributed by atoms with E-state index in [0.717, 1.165) is 103 Å². The summed E-state index contributed by atoms with van der Waals surface area (Å²) in [5.74, 6) is 0.910. The second-order valence-corrected chi connectivity index (χ2v) is 17.8. The van der Waals surface area contributed by atoms with E-state index in [-0.39, 0.29) is 30.1 Å². The zero-order valence-corrected chi connectivity index (χ0v) is 35.0. The van der Waals surface area contributed by atoms with E-state index in [1.807, 2.05) is 24.3 Å². The number of benzene rings is 4. The number of phenols is 1.